The van der Waals surface area contributed by atoms with Crippen molar-refractivity contribution in [2.24, 2.45) is 0 Å². The summed E-state index contributed by atoms with van der Waals surface area (Å²) in [6.45, 7) is 1.82. The maximum atomic E-state index is 10.4. The van der Waals surface area contributed by atoms with Crippen LogP contribution in [0.1, 0.15) is 0 Å². The molecule has 1 atom stereocenters. The van der Waals surface area contributed by atoms with E-state index in [-0.39, 0.29) is 5.75 Å². The van der Waals surface area contributed by atoms with E-state index in [4.69, 9.17) is 0 Å². The summed E-state index contributed by atoms with van der Waals surface area (Å²) >= 11 is 0. The minimum Gasteiger partial charge on any atom is -0.248 e. The smallest absolute Gasteiger partial charge is 0.248 e. The van der Waals surface area contributed by atoms with Gasteiger partial charge < -0.3 is 0 Å². The lowest BCUT2D eigenvalue weighted by atomic mass is 11.0. The van der Waals surface area contributed by atoms with E-state index in [9.17, 15) is 8.42 Å². The van der Waals surface area contributed by atoms with Crippen LogP contribution in [0.4, 0.5) is 0 Å². The van der Waals surface area contributed by atoms with Crippen LogP contribution in [-0.4, -0.2) is 27.0 Å². The standard InChI is InChI=1S/C3H7O3PS/c1-7-2-3-8(4,5)6-7/h2-3H2,1H3. The molecule has 0 bridgehead atoms. The van der Waals surface area contributed by atoms with E-state index in [2.05, 4.69) is 3.97 Å². The van der Waals surface area contributed by atoms with Crippen molar-refractivity contribution in [3.05, 3.63) is 0 Å². The summed E-state index contributed by atoms with van der Waals surface area (Å²) in [6.07, 6.45) is 0.706. The molecule has 1 saturated heterocycles. The molecule has 0 spiro atoms. The van der Waals surface area contributed by atoms with Crippen molar-refractivity contribution in [3.63, 3.8) is 0 Å². The molecule has 0 amide bonds. The molecule has 8 heavy (non-hydrogen) atoms. The van der Waals surface area contributed by atoms with Gasteiger partial charge in [-0.15, -0.1) is 0 Å². The van der Waals surface area contributed by atoms with Crippen LogP contribution in [-0.2, 0) is 14.1 Å². The summed E-state index contributed by atoms with van der Waals surface area (Å²) in [6, 6.07) is 0. The Morgan fingerprint density at radius 2 is 2.25 bits per heavy atom. The Kier molecular flexibility index (Phi) is 1.56. The summed E-state index contributed by atoms with van der Waals surface area (Å²) in [5.41, 5.74) is 0. The molecule has 0 aliphatic carbocycles. The minimum absolute atomic E-state index is 0.217. The molecule has 1 aliphatic heterocycles. The largest absolute Gasteiger partial charge is 0.270 e. The van der Waals surface area contributed by atoms with Crippen LogP contribution < -0.4 is 0 Å². The quantitative estimate of drug-likeness (QED) is 0.473. The van der Waals surface area contributed by atoms with E-state index in [1.54, 1.807) is 0 Å². The van der Waals surface area contributed by atoms with Gasteiger partial charge >= 0.3 is 0 Å². The Hall–Kier alpha value is 0.340. The zero-order chi connectivity index (χ0) is 6.20. The molecule has 3 nitrogen and oxygen atoms in total. The Morgan fingerprint density at radius 3 is 2.38 bits per heavy atom. The van der Waals surface area contributed by atoms with Crippen molar-refractivity contribution in [2.75, 3.05) is 18.6 Å². The molecule has 48 valence electrons. The highest BCUT2D eigenvalue weighted by Crippen LogP contribution is 2.40. The zero-order valence-corrected chi connectivity index (χ0v) is 6.21. The van der Waals surface area contributed by atoms with Crippen molar-refractivity contribution < 1.29 is 12.4 Å². The van der Waals surface area contributed by atoms with Gasteiger partial charge in [0.05, 0.1) is 5.75 Å². The third-order valence-electron chi connectivity index (χ3n) is 0.897. The van der Waals surface area contributed by atoms with E-state index < -0.39 is 18.3 Å². The lowest BCUT2D eigenvalue weighted by Crippen LogP contribution is -1.97. The van der Waals surface area contributed by atoms with Crippen molar-refractivity contribution in [1.29, 1.82) is 0 Å². The molecular formula is C3H7O3PS. The molecule has 5 heteroatoms. The van der Waals surface area contributed by atoms with Crippen molar-refractivity contribution >= 4 is 18.3 Å². The summed E-state index contributed by atoms with van der Waals surface area (Å²) in [7, 11) is -3.71. The predicted molar refractivity (Wildman–Crippen MR) is 32.6 cm³/mol. The van der Waals surface area contributed by atoms with E-state index in [0.29, 0.717) is 6.16 Å². The number of rotatable bonds is 0. The Balaban J connectivity index is 2.71. The summed E-state index contributed by atoms with van der Waals surface area (Å²) in [5.74, 6) is 0.217. The highest BCUT2D eigenvalue weighted by atomic mass is 32.2. The molecule has 0 aromatic carbocycles. The van der Waals surface area contributed by atoms with Gasteiger partial charge in [-0.05, 0) is 6.66 Å². The fraction of sp³-hybridized carbons (Fsp3) is 1.00. The van der Waals surface area contributed by atoms with Crippen LogP contribution in [0.15, 0.2) is 0 Å². The van der Waals surface area contributed by atoms with Crippen LogP contribution in [0.25, 0.3) is 0 Å². The molecule has 0 aromatic rings. The number of hydrogen-bond acceptors (Lipinski definition) is 3. The molecule has 1 fully saturated rings. The van der Waals surface area contributed by atoms with Gasteiger partial charge in [-0.2, -0.15) is 8.42 Å². The van der Waals surface area contributed by atoms with E-state index in [1.807, 2.05) is 6.66 Å². The average molecular weight is 154 g/mol. The van der Waals surface area contributed by atoms with E-state index >= 15 is 0 Å². The molecule has 1 aliphatic rings. The summed E-state index contributed by atoms with van der Waals surface area (Å²) < 4.78 is 25.5. The van der Waals surface area contributed by atoms with Crippen LogP contribution in [0.5, 0.6) is 0 Å². The van der Waals surface area contributed by atoms with Gasteiger partial charge in [-0.25, -0.2) is 3.97 Å². The van der Waals surface area contributed by atoms with Gasteiger partial charge in [-0.1, -0.05) is 0 Å². The van der Waals surface area contributed by atoms with Gasteiger partial charge in [0.1, 0.15) is 0 Å². The van der Waals surface area contributed by atoms with Crippen LogP contribution >= 0.6 is 8.15 Å². The first-order chi connectivity index (χ1) is 3.60. The fourth-order valence-corrected chi connectivity index (χ4v) is 4.58. The average Bonchev–Trinajstić information content (AvgIpc) is 1.82. The highest BCUT2D eigenvalue weighted by molar-refractivity contribution is 7.93. The van der Waals surface area contributed by atoms with Crippen molar-refractivity contribution in [2.45, 2.75) is 0 Å². The van der Waals surface area contributed by atoms with E-state index in [1.165, 1.54) is 0 Å². The van der Waals surface area contributed by atoms with Crippen LogP contribution in [0, 0.1) is 0 Å². The summed E-state index contributed by atoms with van der Waals surface area (Å²) in [5, 5.41) is 0. The highest BCUT2D eigenvalue weighted by Gasteiger charge is 2.24. The van der Waals surface area contributed by atoms with Gasteiger partial charge in [0, 0.05) is 14.3 Å². The molecule has 0 saturated carbocycles. The fourth-order valence-electron chi connectivity index (χ4n) is 0.509. The second-order valence-electron chi connectivity index (χ2n) is 1.69. The van der Waals surface area contributed by atoms with Crippen LogP contribution in [0.2, 0.25) is 0 Å². The van der Waals surface area contributed by atoms with Gasteiger partial charge in [0.15, 0.2) is 0 Å². The SMILES string of the molecule is CP1CCS(=O)(=O)O1. The van der Waals surface area contributed by atoms with Crippen molar-refractivity contribution in [3.8, 4) is 0 Å². The molecule has 0 aromatic heterocycles. The number of hydrogen-bond donors (Lipinski definition) is 0. The summed E-state index contributed by atoms with van der Waals surface area (Å²) in [4.78, 5) is 0. The lowest BCUT2D eigenvalue weighted by molar-refractivity contribution is 0.522. The van der Waals surface area contributed by atoms with Gasteiger partial charge in [-0.3, -0.25) is 0 Å². The molecule has 1 rings (SSSR count). The monoisotopic (exact) mass is 154 g/mol. The van der Waals surface area contributed by atoms with Crippen molar-refractivity contribution in [1.82, 2.24) is 0 Å². The Bertz CT molecular complexity index is 173. The van der Waals surface area contributed by atoms with Crippen LogP contribution in [0.3, 0.4) is 0 Å². The molecule has 1 unspecified atom stereocenters. The lowest BCUT2D eigenvalue weighted by Gasteiger charge is -1.93. The maximum Gasteiger partial charge on any atom is 0.270 e. The molecule has 1 heterocycles. The van der Waals surface area contributed by atoms with Gasteiger partial charge in [0.25, 0.3) is 10.1 Å². The second kappa shape index (κ2) is 1.94. The zero-order valence-electron chi connectivity index (χ0n) is 4.49. The first kappa shape index (κ1) is 6.46. The first-order valence-corrected chi connectivity index (χ1v) is 5.70. The van der Waals surface area contributed by atoms with E-state index in [0.717, 1.165) is 0 Å². The predicted octanol–water partition coefficient (Wildman–Crippen LogP) is 0.373. The van der Waals surface area contributed by atoms with Gasteiger partial charge in [0.2, 0.25) is 0 Å². The maximum absolute atomic E-state index is 10.4. The third-order valence-corrected chi connectivity index (χ3v) is 4.68. The Morgan fingerprint density at radius 1 is 1.62 bits per heavy atom. The first-order valence-electron chi connectivity index (χ1n) is 2.23. The minimum atomic E-state index is -3.07. The third kappa shape index (κ3) is 1.41. The topological polar surface area (TPSA) is 43.4 Å². The normalized spacial score (nSPS) is 35.4. The second-order valence-corrected chi connectivity index (χ2v) is 5.51. The molecular weight excluding hydrogens is 147 g/mol. The Labute approximate surface area is 50.0 Å². The molecule has 0 radical (unpaired) electrons. The molecule has 0 N–H and O–H groups in total.